The summed E-state index contributed by atoms with van der Waals surface area (Å²) < 4.78 is 0. The van der Waals surface area contributed by atoms with Crippen LogP contribution in [0.4, 0.5) is 5.69 Å². The quantitative estimate of drug-likeness (QED) is 0.844. The molecule has 0 heterocycles. The van der Waals surface area contributed by atoms with Crippen LogP contribution in [0.25, 0.3) is 0 Å². The molecule has 2 aromatic rings. The summed E-state index contributed by atoms with van der Waals surface area (Å²) in [6.45, 7) is 4.55. The first kappa shape index (κ1) is 16.5. The zero-order valence-electron chi connectivity index (χ0n) is 13.0. The second-order valence-corrected chi connectivity index (χ2v) is 5.78. The van der Waals surface area contributed by atoms with Gasteiger partial charge in [-0.25, -0.2) is 0 Å². The summed E-state index contributed by atoms with van der Waals surface area (Å²) >= 11 is 5.89. The van der Waals surface area contributed by atoms with Crippen molar-refractivity contribution in [1.82, 2.24) is 0 Å². The van der Waals surface area contributed by atoms with E-state index in [4.69, 9.17) is 11.6 Å². The van der Waals surface area contributed by atoms with Crippen LogP contribution in [0.2, 0.25) is 5.02 Å². The van der Waals surface area contributed by atoms with Crippen molar-refractivity contribution in [3.63, 3.8) is 0 Å². The maximum absolute atomic E-state index is 12.1. The Kier molecular flexibility index (Phi) is 5.99. The largest absolute Gasteiger partial charge is 0.333 e. The Labute approximate surface area is 136 Å². The molecule has 0 radical (unpaired) electrons. The summed E-state index contributed by atoms with van der Waals surface area (Å²) in [6.07, 6.45) is 0.904. The zero-order chi connectivity index (χ0) is 15.9. The molecular weight excluding hydrogens is 296 g/mol. The third kappa shape index (κ3) is 4.58. The van der Waals surface area contributed by atoms with Gasteiger partial charge in [-0.1, -0.05) is 48.9 Å². The number of quaternary nitrogens is 1. The van der Waals surface area contributed by atoms with Crippen LogP contribution in [0.5, 0.6) is 0 Å². The average molecular weight is 318 g/mol. The summed E-state index contributed by atoms with van der Waals surface area (Å²) in [7, 11) is 0. The van der Waals surface area contributed by atoms with Crippen molar-refractivity contribution >= 4 is 23.2 Å². The molecule has 0 saturated heterocycles. The topological polar surface area (TPSA) is 45.7 Å². The van der Waals surface area contributed by atoms with Gasteiger partial charge in [0.05, 0.1) is 0 Å². The van der Waals surface area contributed by atoms with Crippen molar-refractivity contribution in [3.05, 3.63) is 64.7 Å². The van der Waals surface area contributed by atoms with Crippen molar-refractivity contribution in [2.24, 2.45) is 0 Å². The van der Waals surface area contributed by atoms with E-state index in [0.29, 0.717) is 6.54 Å². The second-order valence-electron chi connectivity index (χ2n) is 5.34. The second kappa shape index (κ2) is 7.97. The number of aryl methyl sites for hydroxylation is 1. The molecular formula is C18H22ClN2O+. The zero-order valence-corrected chi connectivity index (χ0v) is 13.7. The van der Waals surface area contributed by atoms with Gasteiger partial charge in [-0.05, 0) is 37.1 Å². The number of anilines is 1. The fraction of sp³-hybridized carbons (Fsp3) is 0.278. The van der Waals surface area contributed by atoms with E-state index in [1.54, 1.807) is 0 Å². The summed E-state index contributed by atoms with van der Waals surface area (Å²) in [5.74, 6) is 0.0155. The van der Waals surface area contributed by atoms with Crippen LogP contribution < -0.4 is 10.6 Å². The molecule has 0 fully saturated rings. The molecule has 3 N–H and O–H groups in total. The highest BCUT2D eigenvalue weighted by Gasteiger charge is 2.12. The first-order valence-corrected chi connectivity index (χ1v) is 7.94. The van der Waals surface area contributed by atoms with E-state index >= 15 is 0 Å². The Morgan fingerprint density at radius 1 is 1.18 bits per heavy atom. The predicted octanol–water partition coefficient (Wildman–Crippen LogP) is 3.17. The first-order valence-electron chi connectivity index (χ1n) is 7.56. The van der Waals surface area contributed by atoms with Crippen LogP contribution in [0.3, 0.4) is 0 Å². The summed E-state index contributed by atoms with van der Waals surface area (Å²) in [5, 5.41) is 5.73. The summed E-state index contributed by atoms with van der Waals surface area (Å²) in [5.41, 5.74) is 3.22. The highest BCUT2D eigenvalue weighted by Crippen LogP contribution is 2.15. The van der Waals surface area contributed by atoms with E-state index in [-0.39, 0.29) is 11.9 Å². The van der Waals surface area contributed by atoms with Gasteiger partial charge in [0.2, 0.25) is 0 Å². The molecule has 0 aromatic heterocycles. The van der Waals surface area contributed by atoms with Crippen molar-refractivity contribution in [2.75, 3.05) is 11.9 Å². The number of nitrogens with two attached hydrogens (primary N) is 1. The number of hydrogen-bond donors (Lipinski definition) is 2. The molecule has 3 nitrogen and oxygen atoms in total. The smallest absolute Gasteiger partial charge is 0.279 e. The SMILES string of the molecule is CCc1ccccc1NC(=O)C[NH2+][C@H](C)c1ccc(Cl)cc1. The number of para-hydroxylation sites is 1. The highest BCUT2D eigenvalue weighted by molar-refractivity contribution is 6.30. The van der Waals surface area contributed by atoms with E-state index < -0.39 is 0 Å². The molecule has 0 bridgehead atoms. The maximum atomic E-state index is 12.1. The van der Waals surface area contributed by atoms with Crippen molar-refractivity contribution in [1.29, 1.82) is 0 Å². The molecule has 0 spiro atoms. The van der Waals surface area contributed by atoms with E-state index in [2.05, 4.69) is 19.2 Å². The summed E-state index contributed by atoms with van der Waals surface area (Å²) in [4.78, 5) is 12.1. The predicted molar refractivity (Wildman–Crippen MR) is 91.1 cm³/mol. The lowest BCUT2D eigenvalue weighted by Crippen LogP contribution is -2.86. The minimum atomic E-state index is 0.0155. The minimum Gasteiger partial charge on any atom is -0.333 e. The van der Waals surface area contributed by atoms with E-state index in [0.717, 1.165) is 28.3 Å². The van der Waals surface area contributed by atoms with Gasteiger partial charge in [0.15, 0.2) is 6.54 Å². The number of carbonyl (C=O) groups is 1. The van der Waals surface area contributed by atoms with Gasteiger partial charge >= 0.3 is 0 Å². The number of nitrogens with one attached hydrogen (secondary N) is 1. The van der Waals surface area contributed by atoms with Gasteiger partial charge in [0.1, 0.15) is 6.04 Å². The lowest BCUT2D eigenvalue weighted by Gasteiger charge is -2.12. The van der Waals surface area contributed by atoms with Crippen LogP contribution in [0.15, 0.2) is 48.5 Å². The fourth-order valence-electron chi connectivity index (χ4n) is 2.34. The average Bonchev–Trinajstić information content (AvgIpc) is 2.54. The number of carbonyl (C=O) groups excluding carboxylic acids is 1. The molecule has 116 valence electrons. The Balaban J connectivity index is 1.88. The van der Waals surface area contributed by atoms with Crippen LogP contribution in [-0.2, 0) is 11.2 Å². The Morgan fingerprint density at radius 3 is 2.55 bits per heavy atom. The van der Waals surface area contributed by atoms with Gasteiger partial charge in [-0.3, -0.25) is 4.79 Å². The Hall–Kier alpha value is -1.84. The number of benzene rings is 2. The van der Waals surface area contributed by atoms with Crippen molar-refractivity contribution in [3.8, 4) is 0 Å². The molecule has 22 heavy (non-hydrogen) atoms. The maximum Gasteiger partial charge on any atom is 0.279 e. The number of rotatable bonds is 6. The number of amides is 1. The van der Waals surface area contributed by atoms with E-state index in [9.17, 15) is 4.79 Å². The normalized spacial score (nSPS) is 12.0. The molecule has 0 unspecified atom stereocenters. The van der Waals surface area contributed by atoms with Gasteiger partial charge < -0.3 is 10.6 Å². The van der Waals surface area contributed by atoms with Crippen molar-refractivity contribution in [2.45, 2.75) is 26.3 Å². The van der Waals surface area contributed by atoms with Crippen LogP contribution in [0.1, 0.15) is 31.0 Å². The first-order chi connectivity index (χ1) is 10.6. The van der Waals surface area contributed by atoms with Gasteiger partial charge in [-0.2, -0.15) is 0 Å². The van der Waals surface area contributed by atoms with Crippen molar-refractivity contribution < 1.29 is 10.1 Å². The Bertz CT molecular complexity index is 625. The number of hydrogen-bond acceptors (Lipinski definition) is 1. The lowest BCUT2D eigenvalue weighted by atomic mass is 10.1. The third-order valence-corrected chi connectivity index (χ3v) is 3.98. The molecule has 4 heteroatoms. The highest BCUT2D eigenvalue weighted by atomic mass is 35.5. The molecule has 0 aliphatic rings. The lowest BCUT2D eigenvalue weighted by molar-refractivity contribution is -0.682. The van der Waals surface area contributed by atoms with Crippen LogP contribution >= 0.6 is 11.6 Å². The molecule has 1 amide bonds. The molecule has 1 atom stereocenters. The monoisotopic (exact) mass is 317 g/mol. The van der Waals surface area contributed by atoms with Gasteiger partial charge in [0, 0.05) is 16.3 Å². The van der Waals surface area contributed by atoms with E-state index in [1.807, 2.05) is 53.8 Å². The standard InChI is InChI=1S/C18H21ClN2O/c1-3-14-6-4-5-7-17(14)21-18(22)12-20-13(2)15-8-10-16(19)11-9-15/h4-11,13,20H,3,12H2,1-2H3,(H,21,22)/p+1/t13-/m1/s1. The molecule has 2 aromatic carbocycles. The molecule has 0 aliphatic heterocycles. The van der Waals surface area contributed by atoms with Gasteiger partial charge in [-0.15, -0.1) is 0 Å². The molecule has 0 saturated carbocycles. The molecule has 2 rings (SSSR count). The van der Waals surface area contributed by atoms with E-state index in [1.165, 1.54) is 0 Å². The minimum absolute atomic E-state index is 0.0155. The third-order valence-electron chi connectivity index (χ3n) is 3.72. The fourth-order valence-corrected chi connectivity index (χ4v) is 2.46. The van der Waals surface area contributed by atoms with Gasteiger partial charge in [0.25, 0.3) is 5.91 Å². The van der Waals surface area contributed by atoms with Crippen LogP contribution in [-0.4, -0.2) is 12.5 Å². The number of halogens is 1. The molecule has 0 aliphatic carbocycles. The summed E-state index contributed by atoms with van der Waals surface area (Å²) in [6, 6.07) is 15.9. The Morgan fingerprint density at radius 2 is 1.86 bits per heavy atom. The van der Waals surface area contributed by atoms with Crippen LogP contribution in [0, 0.1) is 0 Å².